The first-order valence-corrected chi connectivity index (χ1v) is 5.54. The maximum Gasteiger partial charge on any atom is 0.265 e. The van der Waals surface area contributed by atoms with Gasteiger partial charge in [0.15, 0.2) is 0 Å². The first-order valence-electron chi connectivity index (χ1n) is 5.54. The van der Waals surface area contributed by atoms with Gasteiger partial charge < -0.3 is 16.2 Å². The molecule has 15 heavy (non-hydrogen) atoms. The molecule has 1 rings (SSSR count). The Morgan fingerprint density at radius 2 is 2.00 bits per heavy atom. The van der Waals surface area contributed by atoms with Gasteiger partial charge >= 0.3 is 0 Å². The van der Waals surface area contributed by atoms with Crippen LogP contribution in [0, 0.1) is 5.92 Å². The summed E-state index contributed by atoms with van der Waals surface area (Å²) in [6, 6.07) is 0.192. The molecule has 0 heterocycles. The summed E-state index contributed by atoms with van der Waals surface area (Å²) in [6.45, 7) is 0.543. The van der Waals surface area contributed by atoms with Crippen LogP contribution in [-0.4, -0.2) is 36.8 Å². The van der Waals surface area contributed by atoms with Gasteiger partial charge in [-0.05, 0) is 25.3 Å². The van der Waals surface area contributed by atoms with Crippen molar-refractivity contribution in [2.24, 2.45) is 11.7 Å². The Kier molecular flexibility index (Phi) is 5.42. The average molecular weight is 222 g/mol. The molecule has 1 aliphatic rings. The molecular weight excluding hydrogens is 202 g/mol. The van der Waals surface area contributed by atoms with Gasteiger partial charge in [-0.3, -0.25) is 0 Å². The van der Waals surface area contributed by atoms with Crippen molar-refractivity contribution in [3.63, 3.8) is 0 Å². The van der Waals surface area contributed by atoms with Crippen LogP contribution in [0.25, 0.3) is 0 Å². The summed E-state index contributed by atoms with van der Waals surface area (Å²) in [5.74, 6) is 0.364. The van der Waals surface area contributed by atoms with Crippen LogP contribution in [0.4, 0.5) is 8.78 Å². The summed E-state index contributed by atoms with van der Waals surface area (Å²) in [4.78, 5) is 0. The minimum absolute atomic E-state index is 0.0428. The second-order valence-electron chi connectivity index (χ2n) is 4.20. The van der Waals surface area contributed by atoms with E-state index in [4.69, 9.17) is 10.8 Å². The molecule has 3 nitrogen and oxygen atoms in total. The van der Waals surface area contributed by atoms with Gasteiger partial charge in [-0.1, -0.05) is 12.8 Å². The van der Waals surface area contributed by atoms with Gasteiger partial charge in [-0.25, -0.2) is 8.78 Å². The second kappa shape index (κ2) is 6.35. The summed E-state index contributed by atoms with van der Waals surface area (Å²) in [6.07, 6.45) is 0.0652. The highest BCUT2D eigenvalue weighted by atomic mass is 19.3. The van der Waals surface area contributed by atoms with Crippen LogP contribution >= 0.6 is 0 Å². The van der Waals surface area contributed by atoms with E-state index >= 15 is 0 Å². The van der Waals surface area contributed by atoms with Crippen LogP contribution in [0.1, 0.15) is 25.7 Å². The summed E-state index contributed by atoms with van der Waals surface area (Å²) >= 11 is 0. The molecule has 5 heteroatoms. The van der Waals surface area contributed by atoms with E-state index in [1.807, 2.05) is 0 Å². The molecule has 3 atom stereocenters. The normalized spacial score (nSPS) is 29.4. The third-order valence-electron chi connectivity index (χ3n) is 3.09. The maximum atomic E-state index is 12.0. The molecule has 0 spiro atoms. The minimum atomic E-state index is -2.67. The van der Waals surface area contributed by atoms with Crippen LogP contribution in [0.15, 0.2) is 0 Å². The molecule has 1 fully saturated rings. The zero-order chi connectivity index (χ0) is 11.3. The van der Waals surface area contributed by atoms with Gasteiger partial charge in [-0.15, -0.1) is 0 Å². The van der Waals surface area contributed by atoms with Crippen molar-refractivity contribution in [2.45, 2.75) is 44.3 Å². The fourth-order valence-corrected chi connectivity index (χ4v) is 2.12. The molecule has 0 aromatic rings. The first kappa shape index (κ1) is 12.8. The summed E-state index contributed by atoms with van der Waals surface area (Å²) in [5.41, 5.74) is 5.61. The lowest BCUT2D eigenvalue weighted by molar-refractivity contribution is -0.00626. The second-order valence-corrected chi connectivity index (χ2v) is 4.20. The lowest BCUT2D eigenvalue weighted by atomic mass is 9.84. The molecule has 4 N–H and O–H groups in total. The Hall–Kier alpha value is -0.260. The predicted octanol–water partition coefficient (Wildman–Crippen LogP) is 0.720. The van der Waals surface area contributed by atoms with E-state index in [0.717, 1.165) is 25.7 Å². The number of aliphatic hydroxyl groups excluding tert-OH is 1. The first-order chi connectivity index (χ1) is 7.15. The molecule has 3 unspecified atom stereocenters. The Morgan fingerprint density at radius 3 is 2.60 bits per heavy atom. The molecule has 0 aromatic heterocycles. The Bertz CT molecular complexity index is 181. The van der Waals surface area contributed by atoms with Crippen LogP contribution in [-0.2, 0) is 0 Å². The van der Waals surface area contributed by atoms with Gasteiger partial charge in [-0.2, -0.15) is 0 Å². The van der Waals surface area contributed by atoms with E-state index in [1.165, 1.54) is 0 Å². The number of nitrogens with two attached hydrogens (primary N) is 1. The quantitative estimate of drug-likeness (QED) is 0.642. The number of nitrogens with one attached hydrogen (secondary N) is 1. The van der Waals surface area contributed by atoms with Crippen molar-refractivity contribution < 1.29 is 13.9 Å². The zero-order valence-corrected chi connectivity index (χ0v) is 8.83. The maximum absolute atomic E-state index is 12.0. The fourth-order valence-electron chi connectivity index (χ4n) is 2.12. The number of alkyl halides is 2. The zero-order valence-electron chi connectivity index (χ0n) is 8.83. The van der Waals surface area contributed by atoms with E-state index in [1.54, 1.807) is 0 Å². The van der Waals surface area contributed by atoms with Crippen LogP contribution in [0.2, 0.25) is 0 Å². The van der Waals surface area contributed by atoms with Crippen LogP contribution in [0.5, 0.6) is 0 Å². The van der Waals surface area contributed by atoms with Crippen molar-refractivity contribution in [1.82, 2.24) is 5.32 Å². The molecule has 90 valence electrons. The van der Waals surface area contributed by atoms with Gasteiger partial charge in [0, 0.05) is 12.6 Å². The number of rotatable bonds is 5. The molecule has 0 bridgehead atoms. The molecule has 0 saturated heterocycles. The van der Waals surface area contributed by atoms with Crippen LogP contribution < -0.4 is 11.1 Å². The molecule has 0 aromatic carbocycles. The Morgan fingerprint density at radius 1 is 1.33 bits per heavy atom. The average Bonchev–Trinajstić information content (AvgIpc) is 2.26. The minimum Gasteiger partial charge on any atom is -0.386 e. The Balaban J connectivity index is 2.29. The van der Waals surface area contributed by atoms with Crippen molar-refractivity contribution in [2.75, 3.05) is 13.1 Å². The van der Waals surface area contributed by atoms with E-state index in [9.17, 15) is 8.78 Å². The predicted molar refractivity (Wildman–Crippen MR) is 54.8 cm³/mol. The topological polar surface area (TPSA) is 58.3 Å². The Labute approximate surface area is 89.0 Å². The van der Waals surface area contributed by atoms with Gasteiger partial charge in [0.05, 0.1) is 0 Å². The lowest BCUT2D eigenvalue weighted by Crippen LogP contribution is -2.45. The highest BCUT2D eigenvalue weighted by molar-refractivity contribution is 4.82. The highest BCUT2D eigenvalue weighted by Gasteiger charge is 2.25. The monoisotopic (exact) mass is 222 g/mol. The third-order valence-corrected chi connectivity index (χ3v) is 3.09. The van der Waals surface area contributed by atoms with Crippen molar-refractivity contribution in [3.8, 4) is 0 Å². The molecular formula is C10H20F2N2O. The fraction of sp³-hybridized carbons (Fsp3) is 1.00. The molecule has 1 aliphatic carbocycles. The molecule has 0 radical (unpaired) electrons. The summed E-state index contributed by atoms with van der Waals surface area (Å²) in [7, 11) is 0. The molecule has 0 aliphatic heterocycles. The number of halogens is 2. The largest absolute Gasteiger partial charge is 0.386 e. The van der Waals surface area contributed by atoms with Gasteiger partial charge in [0.1, 0.15) is 6.10 Å². The van der Waals surface area contributed by atoms with Crippen molar-refractivity contribution in [1.29, 1.82) is 0 Å². The standard InChI is InChI=1S/C10H20F2N2O/c11-10(12)9(15)6-14-8-4-2-1-3-7(8)5-13/h7-10,14-15H,1-6,13H2. The van der Waals surface area contributed by atoms with Crippen molar-refractivity contribution in [3.05, 3.63) is 0 Å². The number of aliphatic hydroxyl groups is 1. The van der Waals surface area contributed by atoms with E-state index in [0.29, 0.717) is 12.5 Å². The van der Waals surface area contributed by atoms with E-state index in [2.05, 4.69) is 5.32 Å². The lowest BCUT2D eigenvalue weighted by Gasteiger charge is -2.32. The van der Waals surface area contributed by atoms with E-state index in [-0.39, 0.29) is 12.6 Å². The smallest absolute Gasteiger partial charge is 0.265 e. The van der Waals surface area contributed by atoms with Crippen molar-refractivity contribution >= 4 is 0 Å². The van der Waals surface area contributed by atoms with Crippen LogP contribution in [0.3, 0.4) is 0 Å². The summed E-state index contributed by atoms with van der Waals surface area (Å²) in [5, 5.41) is 12.0. The van der Waals surface area contributed by atoms with E-state index < -0.39 is 12.5 Å². The number of hydrogen-bond donors (Lipinski definition) is 3. The highest BCUT2D eigenvalue weighted by Crippen LogP contribution is 2.23. The molecule has 1 saturated carbocycles. The van der Waals surface area contributed by atoms with Gasteiger partial charge in [0.2, 0.25) is 0 Å². The summed E-state index contributed by atoms with van der Waals surface area (Å²) < 4.78 is 24.1. The SMILES string of the molecule is NCC1CCCCC1NCC(O)C(F)F. The van der Waals surface area contributed by atoms with Gasteiger partial charge in [0.25, 0.3) is 6.43 Å². The molecule has 0 amide bonds. The number of hydrogen-bond acceptors (Lipinski definition) is 3. The third kappa shape index (κ3) is 4.01.